The van der Waals surface area contributed by atoms with Crippen molar-refractivity contribution in [1.29, 1.82) is 0 Å². The Labute approximate surface area is 421 Å². The van der Waals surface area contributed by atoms with Crippen molar-refractivity contribution in [2.75, 3.05) is 9.80 Å². The summed E-state index contributed by atoms with van der Waals surface area (Å²) in [7, 11) is 0. The van der Waals surface area contributed by atoms with Gasteiger partial charge in [-0.2, -0.15) is 0 Å². The van der Waals surface area contributed by atoms with Crippen LogP contribution in [0.2, 0.25) is 0 Å². The summed E-state index contributed by atoms with van der Waals surface area (Å²) in [5, 5.41) is 1.21. The maximum Gasteiger partial charge on any atom is 0.297 e. The predicted molar refractivity (Wildman–Crippen MR) is 302 cm³/mol. The minimum absolute atomic E-state index is 0.00832. The lowest BCUT2D eigenvalue weighted by Gasteiger charge is -2.47. The minimum atomic E-state index is -0.150. The number of hydrogen-bond donors (Lipinski definition) is 0. The molecule has 0 N–H and O–H groups in total. The van der Waals surface area contributed by atoms with Crippen LogP contribution >= 0.6 is 0 Å². The van der Waals surface area contributed by atoms with Gasteiger partial charge in [0.2, 0.25) is 0 Å². The van der Waals surface area contributed by atoms with E-state index in [9.17, 15) is 0 Å². The van der Waals surface area contributed by atoms with Crippen LogP contribution in [0.5, 0.6) is 0 Å². The minimum Gasteiger partial charge on any atom is -0.468 e. The largest absolute Gasteiger partial charge is 0.468 e. The summed E-state index contributed by atoms with van der Waals surface area (Å²) in [4.78, 5) is 5.30. The topological polar surface area (TPSA) is 19.6 Å². The van der Waals surface area contributed by atoms with Gasteiger partial charge in [0.05, 0.1) is 17.0 Å². The fourth-order valence-electron chi connectivity index (χ4n) is 12.7. The molecule has 360 valence electrons. The normalized spacial score (nSPS) is 18.5. The summed E-state index contributed by atoms with van der Waals surface area (Å²) in [6.07, 6.45) is 4.60. The first-order valence-corrected chi connectivity index (χ1v) is 26.5. The van der Waals surface area contributed by atoms with Crippen LogP contribution in [0.15, 0.2) is 114 Å². The summed E-state index contributed by atoms with van der Waals surface area (Å²) in [5.41, 5.74) is 24.2. The highest BCUT2D eigenvalue weighted by Gasteiger charge is 2.50. The zero-order valence-corrected chi connectivity index (χ0v) is 45.6. The highest BCUT2D eigenvalue weighted by Crippen LogP contribution is 2.55. The van der Waals surface area contributed by atoms with Crippen LogP contribution in [0.1, 0.15) is 182 Å². The molecule has 0 amide bonds. The number of hydrogen-bond acceptors (Lipinski definition) is 3. The molecule has 3 nitrogen and oxygen atoms in total. The summed E-state index contributed by atoms with van der Waals surface area (Å²) >= 11 is 0. The summed E-state index contributed by atoms with van der Waals surface area (Å²) in [5.74, 6) is 0. The maximum atomic E-state index is 7.72. The Balaban J connectivity index is 1.32. The second-order valence-corrected chi connectivity index (χ2v) is 27.6. The van der Waals surface area contributed by atoms with E-state index >= 15 is 0 Å². The number of nitrogens with zero attached hydrogens (tertiary/aromatic N) is 2. The third-order valence-electron chi connectivity index (χ3n) is 17.7. The van der Waals surface area contributed by atoms with E-state index < -0.39 is 0 Å². The van der Waals surface area contributed by atoms with Gasteiger partial charge in [-0.1, -0.05) is 172 Å². The molecule has 6 aromatic carbocycles. The van der Waals surface area contributed by atoms with E-state index in [1.807, 2.05) is 0 Å². The number of rotatable bonds is 3. The molecule has 2 aliphatic heterocycles. The second-order valence-electron chi connectivity index (χ2n) is 27.6. The molecule has 1 aromatic heterocycles. The second kappa shape index (κ2) is 15.0. The molecule has 7 aromatic rings. The van der Waals surface area contributed by atoms with E-state index in [0.29, 0.717) is 0 Å². The van der Waals surface area contributed by atoms with E-state index in [1.165, 1.54) is 94.8 Å². The molecule has 11 rings (SSSR count). The quantitative estimate of drug-likeness (QED) is 0.165. The molecule has 0 spiro atoms. The van der Waals surface area contributed by atoms with Crippen molar-refractivity contribution in [3.8, 4) is 11.1 Å². The number of anilines is 6. The smallest absolute Gasteiger partial charge is 0.297 e. The van der Waals surface area contributed by atoms with Crippen molar-refractivity contribution in [3.05, 3.63) is 148 Å². The molecule has 0 atom stereocenters. The molecule has 0 unspecified atom stereocenters. The average molecular weight is 925 g/mol. The summed E-state index contributed by atoms with van der Waals surface area (Å²) < 4.78 is 7.72. The molecule has 70 heavy (non-hydrogen) atoms. The van der Waals surface area contributed by atoms with Crippen molar-refractivity contribution in [2.24, 2.45) is 0 Å². The van der Waals surface area contributed by atoms with Gasteiger partial charge in [0.15, 0.2) is 0 Å². The number of benzene rings is 6. The Kier molecular flexibility index (Phi) is 10.1. The van der Waals surface area contributed by atoms with Gasteiger partial charge in [0.25, 0.3) is 6.71 Å². The van der Waals surface area contributed by atoms with Crippen LogP contribution in [0.25, 0.3) is 22.1 Å². The summed E-state index contributed by atoms with van der Waals surface area (Å²) in [6, 6.07) is 43.3. The van der Waals surface area contributed by atoms with Gasteiger partial charge >= 0.3 is 0 Å². The third kappa shape index (κ3) is 7.18. The van der Waals surface area contributed by atoms with Crippen molar-refractivity contribution in [2.45, 2.75) is 181 Å². The summed E-state index contributed by atoms with van der Waals surface area (Å²) in [6.45, 7) is 40.6. The monoisotopic (exact) mass is 925 g/mol. The first kappa shape index (κ1) is 46.9. The molecular weight excluding hydrogens is 848 g/mol. The SMILES string of the molecule is CC(C)(C)c1ccc(N2c3cc(C(C)(C)C)cc4c3B(c3cc5c(cc3N4c3ccc(C(C)(C)C)cc3-c3ccccc3)C(C)(C)CCC5(C)C)c3oc4cc5c(cc4c32)C(C)(C)CCC5(C)C)cc1. The Morgan fingerprint density at radius 2 is 0.957 bits per heavy atom. The molecule has 4 aliphatic rings. The lowest BCUT2D eigenvalue weighted by atomic mass is 9.35. The van der Waals surface area contributed by atoms with Crippen molar-refractivity contribution in [1.82, 2.24) is 0 Å². The lowest BCUT2D eigenvalue weighted by molar-refractivity contribution is 0.332. The molecule has 0 bridgehead atoms. The predicted octanol–water partition coefficient (Wildman–Crippen LogP) is 16.8. The molecule has 0 saturated heterocycles. The van der Waals surface area contributed by atoms with Crippen molar-refractivity contribution in [3.63, 3.8) is 0 Å². The Morgan fingerprint density at radius 1 is 0.457 bits per heavy atom. The van der Waals surface area contributed by atoms with E-state index in [4.69, 9.17) is 4.42 Å². The first-order chi connectivity index (χ1) is 32.6. The van der Waals surface area contributed by atoms with Crippen LogP contribution < -0.4 is 26.4 Å². The van der Waals surface area contributed by atoms with Crippen molar-refractivity contribution < 1.29 is 4.42 Å². The zero-order valence-electron chi connectivity index (χ0n) is 45.6. The molecule has 0 fully saturated rings. The van der Waals surface area contributed by atoms with E-state index in [-0.39, 0.29) is 44.6 Å². The maximum absolute atomic E-state index is 7.72. The molecular formula is C66H77BN2O. The molecule has 0 saturated carbocycles. The van der Waals surface area contributed by atoms with Crippen LogP contribution in [-0.4, -0.2) is 6.71 Å². The van der Waals surface area contributed by atoms with Gasteiger partial charge in [-0.3, -0.25) is 0 Å². The van der Waals surface area contributed by atoms with E-state index in [1.54, 1.807) is 0 Å². The van der Waals surface area contributed by atoms with Crippen LogP contribution in [-0.2, 0) is 37.9 Å². The standard InChI is InChI=1S/C66H77BN2O/c1-60(2,3)41-23-26-44(27-24-41)68-54-34-43(62(7,8)9)35-55-57(54)67(59-58(68)46-36-47-50(39-56(46)70-59)66(16,17)32-29-63(47,10)11)51-37-48-49(65(14,15)31-30-64(48,12)13)38-53(51)69(55)52-28-25-42(61(4,5)6)33-45(52)40-21-19-18-20-22-40/h18-28,33-39H,29-32H2,1-17H3. The first-order valence-electron chi connectivity index (χ1n) is 26.5. The van der Waals surface area contributed by atoms with E-state index in [2.05, 4.69) is 237 Å². The molecule has 0 radical (unpaired) electrons. The zero-order chi connectivity index (χ0) is 50.0. The Morgan fingerprint density at radius 3 is 1.51 bits per heavy atom. The third-order valence-corrected chi connectivity index (χ3v) is 17.7. The number of fused-ring (bicyclic) bond motifs is 8. The van der Waals surface area contributed by atoms with Gasteiger partial charge < -0.3 is 14.2 Å². The van der Waals surface area contributed by atoms with Gasteiger partial charge in [0, 0.05) is 33.7 Å². The Hall–Kier alpha value is -5.48. The highest BCUT2D eigenvalue weighted by atomic mass is 16.3. The number of furan rings is 1. The average Bonchev–Trinajstić information content (AvgIpc) is 3.66. The lowest BCUT2D eigenvalue weighted by Crippen LogP contribution is -2.61. The van der Waals surface area contributed by atoms with Crippen molar-refractivity contribution >= 4 is 68.4 Å². The van der Waals surface area contributed by atoms with Crippen LogP contribution in [0.4, 0.5) is 34.1 Å². The van der Waals surface area contributed by atoms with Gasteiger partial charge in [-0.25, -0.2) is 0 Å². The fraction of sp³-hybridized carbons (Fsp3) is 0.424. The van der Waals surface area contributed by atoms with Gasteiger partial charge in [-0.15, -0.1) is 0 Å². The van der Waals surface area contributed by atoms with Crippen LogP contribution in [0.3, 0.4) is 0 Å². The molecule has 2 aliphatic carbocycles. The Bertz CT molecular complexity index is 3270. The molecule has 3 heterocycles. The fourth-order valence-corrected chi connectivity index (χ4v) is 12.7. The van der Waals surface area contributed by atoms with Gasteiger partial charge in [0.1, 0.15) is 5.58 Å². The van der Waals surface area contributed by atoms with E-state index in [0.717, 1.165) is 42.6 Å². The molecule has 4 heteroatoms. The van der Waals surface area contributed by atoms with Crippen LogP contribution in [0, 0.1) is 0 Å². The van der Waals surface area contributed by atoms with Gasteiger partial charge in [-0.05, 0) is 174 Å². The highest BCUT2D eigenvalue weighted by molar-refractivity contribution is 7.00.